The van der Waals surface area contributed by atoms with Crippen LogP contribution < -0.4 is 0 Å². The molecule has 0 aliphatic carbocycles. The lowest BCUT2D eigenvalue weighted by Gasteiger charge is -2.13. The number of furan rings is 1. The first-order valence-electron chi connectivity index (χ1n) is 8.65. The number of nitriles is 1. The molecule has 142 valence electrons. The van der Waals surface area contributed by atoms with Gasteiger partial charge in [0.15, 0.2) is 0 Å². The van der Waals surface area contributed by atoms with Crippen molar-refractivity contribution in [2.24, 2.45) is 0 Å². The van der Waals surface area contributed by atoms with Gasteiger partial charge >= 0.3 is 0 Å². The third-order valence-corrected chi connectivity index (χ3v) is 6.05. The second kappa shape index (κ2) is 8.11. The number of benzene rings is 2. The van der Waals surface area contributed by atoms with E-state index in [1.165, 1.54) is 4.90 Å². The molecule has 0 saturated carbocycles. The van der Waals surface area contributed by atoms with E-state index in [1.807, 2.05) is 30.3 Å². The molecule has 0 spiro atoms. The van der Waals surface area contributed by atoms with E-state index >= 15 is 0 Å². The predicted octanol–water partition coefficient (Wildman–Crippen LogP) is 5.82. The van der Waals surface area contributed by atoms with Gasteiger partial charge in [-0.25, -0.2) is 0 Å². The smallest absolute Gasteiger partial charge is 0.293 e. The van der Waals surface area contributed by atoms with Gasteiger partial charge in [0.05, 0.1) is 23.1 Å². The van der Waals surface area contributed by atoms with Crippen molar-refractivity contribution in [1.29, 1.82) is 5.26 Å². The molecular formula is C22H13BrN2O3S. The van der Waals surface area contributed by atoms with Crippen LogP contribution in [0.15, 0.2) is 74.5 Å². The standard InChI is InChI=1S/C22H13BrN2O3S/c23-18-8-4-2-6-15(18)13-25-21(26)20(29-22(25)27)11-16-9-10-19(28-16)17-7-3-1-5-14(17)12-24/h1-11H,13H2/b20-11-. The number of thioether (sulfide) groups is 1. The molecule has 2 aromatic carbocycles. The number of halogens is 1. The Labute approximate surface area is 179 Å². The summed E-state index contributed by atoms with van der Waals surface area (Å²) in [7, 11) is 0. The second-order valence-electron chi connectivity index (χ2n) is 6.22. The quantitative estimate of drug-likeness (QED) is 0.454. The normalized spacial score (nSPS) is 15.2. The van der Waals surface area contributed by atoms with Gasteiger partial charge in [0.25, 0.3) is 11.1 Å². The molecule has 1 saturated heterocycles. The molecule has 7 heteroatoms. The van der Waals surface area contributed by atoms with Crippen LogP contribution in [0.25, 0.3) is 17.4 Å². The average Bonchev–Trinajstić information content (AvgIpc) is 3.30. The Morgan fingerprint density at radius 1 is 1.07 bits per heavy atom. The minimum absolute atomic E-state index is 0.197. The maximum Gasteiger partial charge on any atom is 0.293 e. The van der Waals surface area contributed by atoms with E-state index in [0.717, 1.165) is 21.8 Å². The molecule has 29 heavy (non-hydrogen) atoms. The predicted molar refractivity (Wildman–Crippen MR) is 115 cm³/mol. The fourth-order valence-electron chi connectivity index (χ4n) is 2.93. The van der Waals surface area contributed by atoms with Crippen LogP contribution in [0.4, 0.5) is 4.79 Å². The molecular weight excluding hydrogens is 452 g/mol. The topological polar surface area (TPSA) is 74.3 Å². The number of imide groups is 1. The summed E-state index contributed by atoms with van der Waals surface area (Å²) in [5.74, 6) is 0.617. The SMILES string of the molecule is N#Cc1ccccc1-c1ccc(/C=C2\SC(=O)N(Cc3ccccc3Br)C2=O)o1. The molecule has 1 fully saturated rings. The highest BCUT2D eigenvalue weighted by Gasteiger charge is 2.35. The summed E-state index contributed by atoms with van der Waals surface area (Å²) >= 11 is 4.33. The van der Waals surface area contributed by atoms with Crippen molar-refractivity contribution < 1.29 is 14.0 Å². The molecule has 3 aromatic rings. The Kier molecular flexibility index (Phi) is 5.38. The monoisotopic (exact) mass is 464 g/mol. The van der Waals surface area contributed by atoms with Crippen LogP contribution in [0, 0.1) is 11.3 Å². The molecule has 4 rings (SSSR count). The maximum atomic E-state index is 12.7. The zero-order valence-corrected chi connectivity index (χ0v) is 17.4. The molecule has 1 aromatic heterocycles. The summed E-state index contributed by atoms with van der Waals surface area (Å²) in [5, 5.41) is 8.93. The Bertz CT molecular complexity index is 1190. The fraction of sp³-hybridized carbons (Fsp3) is 0.0455. The van der Waals surface area contributed by atoms with E-state index < -0.39 is 0 Å². The third kappa shape index (κ3) is 3.90. The van der Waals surface area contributed by atoms with E-state index in [-0.39, 0.29) is 17.7 Å². The third-order valence-electron chi connectivity index (χ3n) is 4.37. The van der Waals surface area contributed by atoms with Gasteiger partial charge in [-0.15, -0.1) is 0 Å². The van der Waals surface area contributed by atoms with Crippen LogP contribution in [-0.4, -0.2) is 16.0 Å². The lowest BCUT2D eigenvalue weighted by molar-refractivity contribution is -0.123. The molecule has 0 bridgehead atoms. The van der Waals surface area contributed by atoms with E-state index in [2.05, 4.69) is 22.0 Å². The molecule has 2 heterocycles. The maximum absolute atomic E-state index is 12.7. The molecule has 1 aliphatic heterocycles. The van der Waals surface area contributed by atoms with E-state index in [4.69, 9.17) is 4.42 Å². The number of rotatable bonds is 4. The summed E-state index contributed by atoms with van der Waals surface area (Å²) in [5.41, 5.74) is 2.03. The fourth-order valence-corrected chi connectivity index (χ4v) is 4.16. The van der Waals surface area contributed by atoms with Crippen LogP contribution in [0.2, 0.25) is 0 Å². The van der Waals surface area contributed by atoms with E-state index in [1.54, 1.807) is 36.4 Å². The van der Waals surface area contributed by atoms with E-state index in [0.29, 0.717) is 27.6 Å². The number of amides is 2. The highest BCUT2D eigenvalue weighted by molar-refractivity contribution is 9.10. The summed E-state index contributed by atoms with van der Waals surface area (Å²) < 4.78 is 6.64. The number of carbonyl (C=O) groups excluding carboxylic acids is 2. The highest BCUT2D eigenvalue weighted by Crippen LogP contribution is 2.35. The summed E-state index contributed by atoms with van der Waals surface area (Å²) in [4.78, 5) is 26.6. The average molecular weight is 465 g/mol. The lowest BCUT2D eigenvalue weighted by atomic mass is 10.1. The molecule has 2 amide bonds. The van der Waals surface area contributed by atoms with Gasteiger partial charge in [0.1, 0.15) is 11.5 Å². The van der Waals surface area contributed by atoms with Crippen molar-refractivity contribution in [2.75, 3.05) is 0 Å². The van der Waals surface area contributed by atoms with Crippen molar-refractivity contribution in [1.82, 2.24) is 4.90 Å². The van der Waals surface area contributed by atoms with Gasteiger partial charge in [-0.05, 0) is 47.7 Å². The van der Waals surface area contributed by atoms with Gasteiger partial charge in [0, 0.05) is 16.1 Å². The van der Waals surface area contributed by atoms with Gasteiger partial charge in [-0.2, -0.15) is 5.26 Å². The van der Waals surface area contributed by atoms with Gasteiger partial charge in [0.2, 0.25) is 0 Å². The lowest BCUT2D eigenvalue weighted by Crippen LogP contribution is -2.27. The van der Waals surface area contributed by atoms with Crippen molar-refractivity contribution in [3.05, 3.63) is 86.9 Å². The van der Waals surface area contributed by atoms with Crippen molar-refractivity contribution in [3.8, 4) is 17.4 Å². The largest absolute Gasteiger partial charge is 0.457 e. The first kappa shape index (κ1) is 19.2. The van der Waals surface area contributed by atoms with Crippen molar-refractivity contribution in [2.45, 2.75) is 6.54 Å². The Hall–Kier alpha value is -3.08. The molecule has 5 nitrogen and oxygen atoms in total. The Morgan fingerprint density at radius 3 is 2.62 bits per heavy atom. The summed E-state index contributed by atoms with van der Waals surface area (Å²) in [6, 6.07) is 20.2. The molecule has 1 aliphatic rings. The zero-order chi connectivity index (χ0) is 20.4. The first-order valence-corrected chi connectivity index (χ1v) is 10.3. The van der Waals surface area contributed by atoms with Crippen LogP contribution in [-0.2, 0) is 11.3 Å². The van der Waals surface area contributed by atoms with Crippen LogP contribution in [0.1, 0.15) is 16.9 Å². The number of carbonyl (C=O) groups is 2. The molecule has 0 unspecified atom stereocenters. The Balaban J connectivity index is 1.58. The number of nitrogens with zero attached hydrogens (tertiary/aromatic N) is 2. The van der Waals surface area contributed by atoms with Gasteiger partial charge < -0.3 is 4.42 Å². The highest BCUT2D eigenvalue weighted by atomic mass is 79.9. The number of hydrogen-bond donors (Lipinski definition) is 0. The minimum atomic E-state index is -0.355. The van der Waals surface area contributed by atoms with Crippen molar-refractivity contribution >= 4 is 44.9 Å². The minimum Gasteiger partial charge on any atom is -0.457 e. The van der Waals surface area contributed by atoms with Gasteiger partial charge in [-0.3, -0.25) is 14.5 Å². The van der Waals surface area contributed by atoms with Crippen molar-refractivity contribution in [3.63, 3.8) is 0 Å². The Morgan fingerprint density at radius 2 is 1.83 bits per heavy atom. The number of hydrogen-bond acceptors (Lipinski definition) is 5. The van der Waals surface area contributed by atoms with Crippen LogP contribution >= 0.6 is 27.7 Å². The summed E-state index contributed by atoms with van der Waals surface area (Å²) in [6.45, 7) is 0.197. The summed E-state index contributed by atoms with van der Waals surface area (Å²) in [6.07, 6.45) is 1.56. The van der Waals surface area contributed by atoms with Crippen LogP contribution in [0.3, 0.4) is 0 Å². The van der Waals surface area contributed by atoms with E-state index in [9.17, 15) is 14.9 Å². The van der Waals surface area contributed by atoms with Crippen LogP contribution in [0.5, 0.6) is 0 Å². The molecule has 0 radical (unpaired) electrons. The van der Waals surface area contributed by atoms with Gasteiger partial charge in [-0.1, -0.05) is 46.3 Å². The molecule has 0 N–H and O–H groups in total. The zero-order valence-electron chi connectivity index (χ0n) is 15.0. The molecule has 0 atom stereocenters. The second-order valence-corrected chi connectivity index (χ2v) is 8.07. The first-order chi connectivity index (χ1) is 14.1.